The van der Waals surface area contributed by atoms with Crippen LogP contribution in [0.15, 0.2) is 0 Å². The van der Waals surface area contributed by atoms with Crippen molar-refractivity contribution in [3.8, 4) is 0 Å². The number of nitrogens with one attached hydrogen (secondary N) is 1. The Morgan fingerprint density at radius 1 is 1.40 bits per heavy atom. The van der Waals surface area contributed by atoms with Gasteiger partial charge in [0.1, 0.15) is 0 Å². The van der Waals surface area contributed by atoms with E-state index in [1.807, 2.05) is 0 Å². The number of amides is 1. The molecule has 0 unspecified atom stereocenters. The monoisotopic (exact) mass is 224 g/mol. The zero-order chi connectivity index (χ0) is 11.7. The van der Waals surface area contributed by atoms with E-state index in [0.717, 1.165) is 0 Å². The first-order chi connectivity index (χ1) is 6.82. The molecule has 0 aromatic rings. The molecule has 88 valence electrons. The number of primary amides is 1. The molecule has 0 aliphatic heterocycles. The fraction of sp³-hybridized carbons (Fsp3) is 0.889. The molecule has 15 heavy (non-hydrogen) atoms. The Hall–Kier alpha value is -0.780. The molecule has 1 aliphatic rings. The van der Waals surface area contributed by atoms with E-state index >= 15 is 0 Å². The summed E-state index contributed by atoms with van der Waals surface area (Å²) in [5.41, 5.74) is 4.24. The average molecular weight is 224 g/mol. The molecule has 1 amide bonds. The second-order valence-electron chi connectivity index (χ2n) is 4.01. The van der Waals surface area contributed by atoms with Gasteiger partial charge in [-0.05, 0) is 32.7 Å². The second kappa shape index (κ2) is 4.00. The summed E-state index contributed by atoms with van der Waals surface area (Å²) in [5, 5.41) is 2.75. The summed E-state index contributed by atoms with van der Waals surface area (Å²) in [5.74, 6) is -1.86. The molecule has 0 saturated heterocycles. The third-order valence-corrected chi connectivity index (χ3v) is 3.25. The Kier molecular flexibility index (Phi) is 3.28. The topological polar surface area (TPSA) is 55.1 Å². The number of nitrogens with two attached hydrogens (primary N) is 1. The molecule has 1 fully saturated rings. The number of hydrogen-bond donors (Lipinski definition) is 2. The Labute approximate surface area is 86.2 Å². The van der Waals surface area contributed by atoms with Gasteiger partial charge in [-0.15, -0.1) is 0 Å². The van der Waals surface area contributed by atoms with Gasteiger partial charge in [0.05, 0.1) is 11.5 Å². The van der Waals surface area contributed by atoms with Gasteiger partial charge in [0.25, 0.3) is 0 Å². The maximum Gasteiger partial charge on any atom is 0.391 e. The molecule has 3 N–H and O–H groups in total. The van der Waals surface area contributed by atoms with Gasteiger partial charge in [0, 0.05) is 0 Å². The van der Waals surface area contributed by atoms with Crippen LogP contribution in [-0.2, 0) is 4.79 Å². The first-order valence-electron chi connectivity index (χ1n) is 4.87. The fourth-order valence-corrected chi connectivity index (χ4v) is 2.06. The summed E-state index contributed by atoms with van der Waals surface area (Å²) in [6, 6.07) is 0. The van der Waals surface area contributed by atoms with E-state index in [9.17, 15) is 18.0 Å². The normalized spacial score (nSPS) is 32.7. The smallest absolute Gasteiger partial charge is 0.368 e. The lowest BCUT2D eigenvalue weighted by Gasteiger charge is -2.37. The fourth-order valence-electron chi connectivity index (χ4n) is 2.06. The van der Waals surface area contributed by atoms with E-state index in [0.29, 0.717) is 0 Å². The minimum Gasteiger partial charge on any atom is -0.368 e. The van der Waals surface area contributed by atoms with Crippen molar-refractivity contribution in [2.24, 2.45) is 11.7 Å². The standard InChI is InChI=1S/C9H15F3N2O/c1-14-8(7(13)15)4-2-6(3-5-8)9(10,11)12/h6,14H,2-5H2,1H3,(H2,13,15). The number of likely N-dealkylation sites (N-methyl/N-ethyl adjacent to an activating group) is 1. The number of hydrogen-bond acceptors (Lipinski definition) is 2. The van der Waals surface area contributed by atoms with E-state index in [2.05, 4.69) is 5.32 Å². The summed E-state index contributed by atoms with van der Waals surface area (Å²) in [4.78, 5) is 11.1. The van der Waals surface area contributed by atoms with Gasteiger partial charge in [0.15, 0.2) is 0 Å². The third kappa shape index (κ3) is 2.42. The quantitative estimate of drug-likeness (QED) is 0.740. The highest BCUT2D eigenvalue weighted by molar-refractivity contribution is 5.84. The minimum absolute atomic E-state index is 0.0344. The predicted octanol–water partition coefficient (Wildman–Crippen LogP) is 1.18. The summed E-state index contributed by atoms with van der Waals surface area (Å²) in [6.45, 7) is 0. The summed E-state index contributed by atoms with van der Waals surface area (Å²) < 4.78 is 37.1. The third-order valence-electron chi connectivity index (χ3n) is 3.25. The van der Waals surface area contributed by atoms with Gasteiger partial charge >= 0.3 is 6.18 Å². The maximum absolute atomic E-state index is 12.4. The lowest BCUT2D eigenvalue weighted by atomic mass is 9.76. The van der Waals surface area contributed by atoms with Gasteiger partial charge < -0.3 is 11.1 Å². The molecule has 0 atom stereocenters. The molecule has 6 heteroatoms. The highest BCUT2D eigenvalue weighted by Gasteiger charge is 2.47. The van der Waals surface area contributed by atoms with E-state index in [1.54, 1.807) is 7.05 Å². The van der Waals surface area contributed by atoms with Crippen molar-refractivity contribution in [1.29, 1.82) is 0 Å². The van der Waals surface area contributed by atoms with Crippen molar-refractivity contribution in [2.45, 2.75) is 37.4 Å². The van der Waals surface area contributed by atoms with Crippen LogP contribution in [0.1, 0.15) is 25.7 Å². The number of alkyl halides is 3. The lowest BCUT2D eigenvalue weighted by Crippen LogP contribution is -2.56. The van der Waals surface area contributed by atoms with Crippen LogP contribution in [0.4, 0.5) is 13.2 Å². The molecule has 3 nitrogen and oxygen atoms in total. The Morgan fingerprint density at radius 2 is 1.87 bits per heavy atom. The highest BCUT2D eigenvalue weighted by Crippen LogP contribution is 2.40. The Bertz CT molecular complexity index is 244. The van der Waals surface area contributed by atoms with Crippen molar-refractivity contribution in [1.82, 2.24) is 5.32 Å². The van der Waals surface area contributed by atoms with Crippen molar-refractivity contribution < 1.29 is 18.0 Å². The molecule has 1 rings (SSSR count). The molecule has 0 spiro atoms. The van der Waals surface area contributed by atoms with Crippen molar-refractivity contribution in [3.63, 3.8) is 0 Å². The van der Waals surface area contributed by atoms with Gasteiger partial charge in [-0.1, -0.05) is 0 Å². The molecule has 1 saturated carbocycles. The number of halogens is 3. The van der Waals surface area contributed by atoms with E-state index in [4.69, 9.17) is 5.73 Å². The minimum atomic E-state index is -4.16. The first-order valence-corrected chi connectivity index (χ1v) is 4.87. The highest BCUT2D eigenvalue weighted by atomic mass is 19.4. The van der Waals surface area contributed by atoms with E-state index in [-0.39, 0.29) is 25.7 Å². The molecule has 0 radical (unpaired) electrons. The van der Waals surface area contributed by atoms with Gasteiger partial charge in [-0.25, -0.2) is 0 Å². The molecular weight excluding hydrogens is 209 g/mol. The van der Waals surface area contributed by atoms with E-state index in [1.165, 1.54) is 0 Å². The van der Waals surface area contributed by atoms with Crippen LogP contribution in [0.25, 0.3) is 0 Å². The zero-order valence-corrected chi connectivity index (χ0v) is 8.53. The maximum atomic E-state index is 12.4. The number of carbonyl (C=O) groups is 1. The van der Waals surface area contributed by atoms with Crippen molar-refractivity contribution in [2.75, 3.05) is 7.05 Å². The van der Waals surface area contributed by atoms with Crippen LogP contribution >= 0.6 is 0 Å². The van der Waals surface area contributed by atoms with Crippen LogP contribution in [0.3, 0.4) is 0 Å². The largest absolute Gasteiger partial charge is 0.391 e. The SMILES string of the molecule is CNC1(C(N)=O)CCC(C(F)(F)F)CC1. The van der Waals surface area contributed by atoms with Gasteiger partial charge in [0.2, 0.25) is 5.91 Å². The van der Waals surface area contributed by atoms with Gasteiger partial charge in [-0.2, -0.15) is 13.2 Å². The number of rotatable bonds is 2. The average Bonchev–Trinajstić information content (AvgIpc) is 2.16. The lowest BCUT2D eigenvalue weighted by molar-refractivity contribution is -0.186. The first kappa shape index (κ1) is 12.3. The molecule has 0 bridgehead atoms. The molecule has 0 aromatic heterocycles. The summed E-state index contributed by atoms with van der Waals surface area (Å²) in [6.07, 6.45) is -3.91. The summed E-state index contributed by atoms with van der Waals surface area (Å²) >= 11 is 0. The van der Waals surface area contributed by atoms with Crippen molar-refractivity contribution >= 4 is 5.91 Å². The molecular formula is C9H15F3N2O. The van der Waals surface area contributed by atoms with E-state index < -0.39 is 23.5 Å². The Morgan fingerprint density at radius 3 is 2.13 bits per heavy atom. The second-order valence-corrected chi connectivity index (χ2v) is 4.01. The number of carbonyl (C=O) groups excluding carboxylic acids is 1. The summed E-state index contributed by atoms with van der Waals surface area (Å²) in [7, 11) is 1.55. The molecule has 0 aromatic carbocycles. The van der Waals surface area contributed by atoms with Crippen LogP contribution in [-0.4, -0.2) is 24.7 Å². The van der Waals surface area contributed by atoms with Crippen molar-refractivity contribution in [3.05, 3.63) is 0 Å². The molecule has 0 heterocycles. The van der Waals surface area contributed by atoms with Crippen LogP contribution in [0, 0.1) is 5.92 Å². The Balaban J connectivity index is 2.65. The zero-order valence-electron chi connectivity index (χ0n) is 8.53. The molecule has 1 aliphatic carbocycles. The van der Waals surface area contributed by atoms with Crippen LogP contribution < -0.4 is 11.1 Å². The van der Waals surface area contributed by atoms with Gasteiger partial charge in [-0.3, -0.25) is 4.79 Å². The van der Waals surface area contributed by atoms with Crippen LogP contribution in [0.5, 0.6) is 0 Å². The predicted molar refractivity (Wildman–Crippen MR) is 49.0 cm³/mol. The van der Waals surface area contributed by atoms with Crippen LogP contribution in [0.2, 0.25) is 0 Å².